The van der Waals surface area contributed by atoms with E-state index in [2.05, 4.69) is 0 Å². The molecule has 112 valence electrons. The molecule has 0 bridgehead atoms. The summed E-state index contributed by atoms with van der Waals surface area (Å²) in [7, 11) is -2.36. The minimum Gasteiger partial charge on any atom is -0.384 e. The van der Waals surface area contributed by atoms with Gasteiger partial charge < -0.3 is 4.74 Å². The van der Waals surface area contributed by atoms with Gasteiger partial charge in [0, 0.05) is 40.2 Å². The summed E-state index contributed by atoms with van der Waals surface area (Å²) < 4.78 is 54.8. The van der Waals surface area contributed by atoms with Crippen LogP contribution >= 0.6 is 0 Å². The third-order valence-corrected chi connectivity index (χ3v) is 8.58. The molecule has 2 saturated heterocycles. The molecule has 9 heteroatoms. The summed E-state index contributed by atoms with van der Waals surface area (Å²) in [6.07, 6.45) is 0.548. The number of ether oxygens (including phenoxy) is 1. The Balaban J connectivity index is 2.23. The molecule has 1 spiro atoms. The van der Waals surface area contributed by atoms with Gasteiger partial charge in [-0.25, -0.2) is 8.42 Å². The fourth-order valence-electron chi connectivity index (χ4n) is 2.85. The van der Waals surface area contributed by atoms with Crippen LogP contribution in [-0.4, -0.2) is 76.8 Å². The fraction of sp³-hybridized carbons (Fsp3) is 1.00. The van der Waals surface area contributed by atoms with Gasteiger partial charge in [0.25, 0.3) is 10.2 Å². The van der Waals surface area contributed by atoms with Gasteiger partial charge in [-0.15, -0.1) is 0 Å². The number of rotatable bonds is 4. The highest BCUT2D eigenvalue weighted by molar-refractivity contribution is 7.93. The monoisotopic (exact) mass is 312 g/mol. The molecular formula is C10H20N2O5S2. The molecule has 19 heavy (non-hydrogen) atoms. The maximum absolute atomic E-state index is 12.2. The molecule has 0 saturated carbocycles. The highest BCUT2D eigenvalue weighted by Crippen LogP contribution is 2.45. The van der Waals surface area contributed by atoms with E-state index in [0.29, 0.717) is 13.0 Å². The van der Waals surface area contributed by atoms with Gasteiger partial charge in [0.05, 0.1) is 12.4 Å². The van der Waals surface area contributed by atoms with Gasteiger partial charge in [-0.05, 0) is 6.42 Å². The number of methoxy groups -OCH3 is 1. The summed E-state index contributed by atoms with van der Waals surface area (Å²) in [5, 5.41) is 0. The first-order valence-corrected chi connectivity index (χ1v) is 9.11. The van der Waals surface area contributed by atoms with Crippen molar-refractivity contribution in [3.05, 3.63) is 0 Å². The quantitative estimate of drug-likeness (QED) is 0.660. The third kappa shape index (κ3) is 2.11. The highest BCUT2D eigenvalue weighted by Gasteiger charge is 2.63. The smallest absolute Gasteiger partial charge is 0.281 e. The summed E-state index contributed by atoms with van der Waals surface area (Å²) >= 11 is 0. The van der Waals surface area contributed by atoms with E-state index in [0.717, 1.165) is 4.31 Å². The lowest BCUT2D eigenvalue weighted by molar-refractivity contribution is 0.0846. The molecule has 2 rings (SSSR count). The first-order valence-electron chi connectivity index (χ1n) is 6.06. The van der Waals surface area contributed by atoms with Crippen molar-refractivity contribution in [3.63, 3.8) is 0 Å². The zero-order chi connectivity index (χ0) is 14.5. The predicted octanol–water partition coefficient (Wildman–Crippen LogP) is -1.07. The molecule has 2 aliphatic heterocycles. The summed E-state index contributed by atoms with van der Waals surface area (Å²) in [5.74, 6) is 0.00719. The topological polar surface area (TPSA) is 84.0 Å². The van der Waals surface area contributed by atoms with Crippen LogP contribution in [0, 0.1) is 5.92 Å². The van der Waals surface area contributed by atoms with Gasteiger partial charge in [0.15, 0.2) is 9.84 Å². The van der Waals surface area contributed by atoms with Crippen LogP contribution in [0.1, 0.15) is 6.42 Å². The van der Waals surface area contributed by atoms with Crippen LogP contribution in [0.4, 0.5) is 0 Å². The lowest BCUT2D eigenvalue weighted by Crippen LogP contribution is -2.69. The molecule has 1 atom stereocenters. The van der Waals surface area contributed by atoms with E-state index < -0.39 is 24.8 Å². The molecule has 0 aromatic carbocycles. The van der Waals surface area contributed by atoms with Gasteiger partial charge in [-0.3, -0.25) is 0 Å². The van der Waals surface area contributed by atoms with Crippen molar-refractivity contribution < 1.29 is 21.6 Å². The van der Waals surface area contributed by atoms with Crippen molar-refractivity contribution in [1.29, 1.82) is 0 Å². The Morgan fingerprint density at radius 2 is 1.95 bits per heavy atom. The second-order valence-electron chi connectivity index (χ2n) is 5.38. The van der Waals surface area contributed by atoms with Crippen LogP contribution in [0.3, 0.4) is 0 Å². The molecule has 0 aliphatic carbocycles. The van der Waals surface area contributed by atoms with E-state index in [9.17, 15) is 16.8 Å². The van der Waals surface area contributed by atoms with Gasteiger partial charge in [-0.2, -0.15) is 17.0 Å². The maximum atomic E-state index is 12.2. The Kier molecular flexibility index (Phi) is 3.72. The van der Waals surface area contributed by atoms with Crippen molar-refractivity contribution in [2.24, 2.45) is 5.92 Å². The molecule has 0 amide bonds. The zero-order valence-electron chi connectivity index (χ0n) is 11.4. The number of hydrogen-bond donors (Lipinski definition) is 0. The maximum Gasteiger partial charge on any atom is 0.281 e. The summed E-state index contributed by atoms with van der Waals surface area (Å²) in [5.41, 5.74) is 0. The first-order chi connectivity index (χ1) is 8.67. The predicted molar refractivity (Wildman–Crippen MR) is 70.7 cm³/mol. The summed E-state index contributed by atoms with van der Waals surface area (Å²) in [6, 6.07) is 0. The minimum absolute atomic E-state index is 0.0455. The van der Waals surface area contributed by atoms with E-state index in [1.165, 1.54) is 25.5 Å². The number of sulfone groups is 1. The van der Waals surface area contributed by atoms with Gasteiger partial charge in [0.1, 0.15) is 4.75 Å². The Morgan fingerprint density at radius 1 is 1.37 bits per heavy atom. The minimum atomic E-state index is -3.53. The summed E-state index contributed by atoms with van der Waals surface area (Å²) in [4.78, 5) is 0. The molecule has 7 nitrogen and oxygen atoms in total. The molecular weight excluding hydrogens is 292 g/mol. The molecule has 0 aromatic rings. The number of nitrogens with zero attached hydrogens (tertiary/aromatic N) is 2. The van der Waals surface area contributed by atoms with Crippen molar-refractivity contribution in [3.8, 4) is 0 Å². The SMILES string of the molecule is COC[C@@H]1CCS(=O)(=O)C12CN(S(=O)(=O)N(C)C)C2. The molecule has 0 aromatic heterocycles. The Labute approximate surface area is 114 Å². The molecule has 2 aliphatic rings. The van der Waals surface area contributed by atoms with E-state index in [4.69, 9.17) is 4.74 Å². The second kappa shape index (κ2) is 4.66. The molecule has 0 radical (unpaired) electrons. The van der Waals surface area contributed by atoms with Crippen molar-refractivity contribution in [2.75, 3.05) is 46.7 Å². The Hall–Kier alpha value is -0.220. The van der Waals surface area contributed by atoms with Crippen molar-refractivity contribution >= 4 is 20.0 Å². The van der Waals surface area contributed by atoms with Crippen molar-refractivity contribution in [1.82, 2.24) is 8.61 Å². The molecule has 0 unspecified atom stereocenters. The average molecular weight is 312 g/mol. The van der Waals surface area contributed by atoms with Gasteiger partial charge in [-0.1, -0.05) is 0 Å². The standard InChI is InChI=1S/C10H20N2O5S2/c1-11(2)19(15,16)12-7-10(8-12)9(6-17-3)4-5-18(10,13)14/h9H,4-8H2,1-3H3/t9-/m0/s1. The summed E-state index contributed by atoms with van der Waals surface area (Å²) in [6.45, 7) is 0.447. The van der Waals surface area contributed by atoms with Gasteiger partial charge >= 0.3 is 0 Å². The first kappa shape index (κ1) is 15.2. The van der Waals surface area contributed by atoms with E-state index >= 15 is 0 Å². The van der Waals surface area contributed by atoms with Crippen LogP contribution in [0.2, 0.25) is 0 Å². The van der Waals surface area contributed by atoms with Crippen LogP contribution in [0.5, 0.6) is 0 Å². The number of hydrogen-bond acceptors (Lipinski definition) is 5. The zero-order valence-corrected chi connectivity index (χ0v) is 13.0. The van der Waals surface area contributed by atoms with Crippen LogP contribution in [-0.2, 0) is 24.8 Å². The molecule has 2 fully saturated rings. The van der Waals surface area contributed by atoms with Crippen molar-refractivity contribution in [2.45, 2.75) is 11.2 Å². The average Bonchev–Trinajstić information content (AvgIpc) is 2.48. The van der Waals surface area contributed by atoms with E-state index in [1.807, 2.05) is 0 Å². The van der Waals surface area contributed by atoms with Crippen LogP contribution in [0.15, 0.2) is 0 Å². The lowest BCUT2D eigenvalue weighted by Gasteiger charge is -2.49. The lowest BCUT2D eigenvalue weighted by atomic mass is 9.85. The van der Waals surface area contributed by atoms with Gasteiger partial charge in [0.2, 0.25) is 0 Å². The van der Waals surface area contributed by atoms with E-state index in [1.54, 1.807) is 0 Å². The Morgan fingerprint density at radius 3 is 2.42 bits per heavy atom. The third-order valence-electron chi connectivity index (χ3n) is 4.14. The van der Waals surface area contributed by atoms with Crippen LogP contribution < -0.4 is 0 Å². The molecule has 0 N–H and O–H groups in total. The fourth-order valence-corrected chi connectivity index (χ4v) is 6.67. The Bertz CT molecular complexity index is 548. The second-order valence-corrected chi connectivity index (χ2v) is 9.98. The largest absolute Gasteiger partial charge is 0.384 e. The molecule has 2 heterocycles. The normalized spacial score (nSPS) is 29.8. The highest BCUT2D eigenvalue weighted by atomic mass is 32.2. The van der Waals surface area contributed by atoms with E-state index in [-0.39, 0.29) is 24.8 Å². The van der Waals surface area contributed by atoms with Crippen LogP contribution in [0.25, 0.3) is 0 Å².